The molecule has 1 aromatic heterocycles. The van der Waals surface area contributed by atoms with Crippen LogP contribution in [0.5, 0.6) is 0 Å². The number of ether oxygens (including phenoxy) is 3. The Kier molecular flexibility index (Phi) is 7.72. The van der Waals surface area contributed by atoms with Gasteiger partial charge in [0.25, 0.3) is 5.91 Å². The second-order valence-corrected chi connectivity index (χ2v) is 6.71. The second kappa shape index (κ2) is 10.0. The lowest BCUT2D eigenvalue weighted by Gasteiger charge is -2.04. The van der Waals surface area contributed by atoms with Crippen molar-refractivity contribution in [1.29, 1.82) is 0 Å². The fourth-order valence-corrected chi connectivity index (χ4v) is 3.25. The van der Waals surface area contributed by atoms with E-state index in [4.69, 9.17) is 14.2 Å². The number of H-pyrrole nitrogens is 1. The first-order valence-corrected chi connectivity index (χ1v) is 9.62. The molecule has 2 rings (SSSR count). The van der Waals surface area contributed by atoms with Crippen molar-refractivity contribution in [3.8, 4) is 0 Å². The Morgan fingerprint density at radius 2 is 1.75 bits per heavy atom. The number of carbonyl (C=O) groups excluding carboxylic acids is 2. The number of hydrogen-bond acceptors (Lipinski definition) is 5. The Labute approximate surface area is 166 Å². The molecule has 1 aromatic rings. The molecule has 0 saturated carbocycles. The molecule has 7 heteroatoms. The van der Waals surface area contributed by atoms with Gasteiger partial charge in [0.2, 0.25) is 5.76 Å². The Morgan fingerprint density at radius 1 is 1.04 bits per heavy atom. The summed E-state index contributed by atoms with van der Waals surface area (Å²) in [7, 11) is 2.96. The maximum atomic E-state index is 12.0. The lowest BCUT2D eigenvalue weighted by atomic mass is 10.1. The van der Waals surface area contributed by atoms with Crippen LogP contribution in [-0.2, 0) is 30.2 Å². The first-order valence-electron chi connectivity index (χ1n) is 9.62. The molecule has 2 N–H and O–H groups in total. The summed E-state index contributed by atoms with van der Waals surface area (Å²) in [4.78, 5) is 26.8. The number of unbranched alkanes of at least 4 members (excludes halogenated alkanes) is 2. The minimum Gasteiger partial charge on any atom is -0.491 e. The molecule has 7 nitrogen and oxygen atoms in total. The van der Waals surface area contributed by atoms with E-state index in [1.165, 1.54) is 25.5 Å². The van der Waals surface area contributed by atoms with Crippen molar-refractivity contribution in [2.45, 2.75) is 52.9 Å². The third-order valence-electron chi connectivity index (χ3n) is 4.92. The maximum Gasteiger partial charge on any atom is 0.305 e. The van der Waals surface area contributed by atoms with Crippen LogP contribution < -0.4 is 5.32 Å². The highest BCUT2D eigenvalue weighted by atomic mass is 16.5. The third-order valence-corrected chi connectivity index (χ3v) is 4.92. The number of methoxy groups -OCH3 is 2. The minimum absolute atomic E-state index is 0.126. The van der Waals surface area contributed by atoms with Crippen LogP contribution >= 0.6 is 0 Å². The van der Waals surface area contributed by atoms with E-state index >= 15 is 0 Å². The molecular weight excluding hydrogens is 360 g/mol. The van der Waals surface area contributed by atoms with E-state index in [0.29, 0.717) is 24.5 Å². The molecule has 1 aliphatic heterocycles. The number of aryl methyl sites for hydroxylation is 1. The van der Waals surface area contributed by atoms with Crippen molar-refractivity contribution in [2.24, 2.45) is 0 Å². The molecule has 154 valence electrons. The van der Waals surface area contributed by atoms with Crippen molar-refractivity contribution in [3.05, 3.63) is 39.7 Å². The topological polar surface area (TPSA) is 89.7 Å². The van der Waals surface area contributed by atoms with Crippen LogP contribution in [0.15, 0.2) is 17.2 Å². The van der Waals surface area contributed by atoms with E-state index in [1.54, 1.807) is 0 Å². The molecule has 0 fully saturated rings. The zero-order chi connectivity index (χ0) is 20.7. The standard InChI is InChI=1S/C21H30N2O5/c1-6-28-18(24)11-9-7-8-10-15-13(2)14(3)16(22-15)12-17-19(26-4)20(27-5)21(25)23-17/h12,22H,6-11H2,1-5H3,(H,23,25)/b17-12-. The van der Waals surface area contributed by atoms with Gasteiger partial charge in [-0.05, 0) is 57.2 Å². The zero-order valence-corrected chi connectivity index (χ0v) is 17.4. The molecule has 0 radical (unpaired) electrons. The number of hydrogen-bond donors (Lipinski definition) is 2. The lowest BCUT2D eigenvalue weighted by molar-refractivity contribution is -0.143. The molecular formula is C21H30N2O5. The fraction of sp³-hybridized carbons (Fsp3) is 0.524. The molecule has 0 spiro atoms. The minimum atomic E-state index is -0.312. The smallest absolute Gasteiger partial charge is 0.305 e. The van der Waals surface area contributed by atoms with E-state index in [1.807, 2.05) is 19.9 Å². The summed E-state index contributed by atoms with van der Waals surface area (Å²) in [6, 6.07) is 0. The van der Waals surface area contributed by atoms with Crippen molar-refractivity contribution in [3.63, 3.8) is 0 Å². The van der Waals surface area contributed by atoms with Gasteiger partial charge in [0, 0.05) is 17.8 Å². The van der Waals surface area contributed by atoms with E-state index in [2.05, 4.69) is 17.2 Å². The van der Waals surface area contributed by atoms with E-state index in [0.717, 1.165) is 36.9 Å². The number of aromatic amines is 1. The molecule has 28 heavy (non-hydrogen) atoms. The SMILES string of the molecule is CCOC(=O)CCCCCc1[nH]c(/C=C2\NC(=O)C(OC)=C2OC)c(C)c1C. The average molecular weight is 390 g/mol. The molecule has 2 heterocycles. The number of aromatic nitrogens is 1. The van der Waals surface area contributed by atoms with Gasteiger partial charge in [0.15, 0.2) is 5.76 Å². The molecule has 0 atom stereocenters. The Hall–Kier alpha value is -2.70. The summed E-state index contributed by atoms with van der Waals surface area (Å²) in [5, 5.41) is 2.78. The van der Waals surface area contributed by atoms with Crippen molar-refractivity contribution < 1.29 is 23.8 Å². The molecule has 0 aromatic carbocycles. The normalized spacial score (nSPS) is 15.2. The van der Waals surface area contributed by atoms with Gasteiger partial charge in [-0.1, -0.05) is 6.42 Å². The van der Waals surface area contributed by atoms with Gasteiger partial charge in [0.05, 0.1) is 26.5 Å². The largest absolute Gasteiger partial charge is 0.491 e. The highest BCUT2D eigenvalue weighted by Gasteiger charge is 2.29. The van der Waals surface area contributed by atoms with Crippen LogP contribution in [0.4, 0.5) is 0 Å². The Balaban J connectivity index is 2.02. The molecule has 0 saturated heterocycles. The van der Waals surface area contributed by atoms with Crippen LogP contribution in [0.3, 0.4) is 0 Å². The Bertz CT molecular complexity index is 789. The second-order valence-electron chi connectivity index (χ2n) is 6.71. The van der Waals surface area contributed by atoms with Gasteiger partial charge in [0.1, 0.15) is 0 Å². The maximum absolute atomic E-state index is 12.0. The van der Waals surface area contributed by atoms with Crippen LogP contribution in [0.2, 0.25) is 0 Å². The number of nitrogens with one attached hydrogen (secondary N) is 2. The number of amides is 1. The number of rotatable bonds is 10. The Morgan fingerprint density at radius 3 is 2.39 bits per heavy atom. The predicted molar refractivity (Wildman–Crippen MR) is 106 cm³/mol. The summed E-state index contributed by atoms with van der Waals surface area (Å²) in [5.74, 6) is 0.142. The van der Waals surface area contributed by atoms with Crippen LogP contribution in [0, 0.1) is 13.8 Å². The predicted octanol–water partition coefficient (Wildman–Crippen LogP) is 3.27. The van der Waals surface area contributed by atoms with Crippen molar-refractivity contribution in [2.75, 3.05) is 20.8 Å². The summed E-state index contributed by atoms with van der Waals surface area (Å²) in [6.45, 7) is 6.39. The summed E-state index contributed by atoms with van der Waals surface area (Å²) in [5.41, 5.74) is 5.01. The summed E-state index contributed by atoms with van der Waals surface area (Å²) < 4.78 is 15.4. The van der Waals surface area contributed by atoms with Gasteiger partial charge in [-0.25, -0.2) is 0 Å². The van der Waals surface area contributed by atoms with Crippen molar-refractivity contribution in [1.82, 2.24) is 10.3 Å². The average Bonchev–Trinajstić information content (AvgIpc) is 3.12. The van der Waals surface area contributed by atoms with Crippen LogP contribution in [0.25, 0.3) is 6.08 Å². The lowest BCUT2D eigenvalue weighted by Crippen LogP contribution is -2.17. The monoisotopic (exact) mass is 390 g/mol. The van der Waals surface area contributed by atoms with E-state index < -0.39 is 0 Å². The van der Waals surface area contributed by atoms with Gasteiger partial charge in [-0.2, -0.15) is 0 Å². The van der Waals surface area contributed by atoms with Gasteiger partial charge in [-0.15, -0.1) is 0 Å². The molecule has 0 bridgehead atoms. The quantitative estimate of drug-likeness (QED) is 0.473. The third kappa shape index (κ3) is 4.97. The van der Waals surface area contributed by atoms with Crippen molar-refractivity contribution >= 4 is 18.0 Å². The molecule has 0 unspecified atom stereocenters. The van der Waals surface area contributed by atoms with Gasteiger partial charge in [-0.3, -0.25) is 9.59 Å². The van der Waals surface area contributed by atoms with Crippen LogP contribution in [-0.4, -0.2) is 37.7 Å². The highest BCUT2D eigenvalue weighted by Crippen LogP contribution is 2.27. The molecule has 1 aliphatic rings. The zero-order valence-electron chi connectivity index (χ0n) is 17.4. The van der Waals surface area contributed by atoms with E-state index in [9.17, 15) is 9.59 Å². The van der Waals surface area contributed by atoms with Gasteiger partial charge < -0.3 is 24.5 Å². The van der Waals surface area contributed by atoms with Gasteiger partial charge >= 0.3 is 5.97 Å². The summed E-state index contributed by atoms with van der Waals surface area (Å²) >= 11 is 0. The first-order chi connectivity index (χ1) is 13.4. The fourth-order valence-electron chi connectivity index (χ4n) is 3.25. The molecule has 0 aliphatic carbocycles. The molecule has 1 amide bonds. The first kappa shape index (κ1) is 21.6. The highest BCUT2D eigenvalue weighted by molar-refractivity contribution is 5.99. The van der Waals surface area contributed by atoms with Crippen LogP contribution in [0.1, 0.15) is 55.1 Å². The summed E-state index contributed by atoms with van der Waals surface area (Å²) in [6.07, 6.45) is 6.04. The van der Waals surface area contributed by atoms with E-state index in [-0.39, 0.29) is 17.6 Å². The number of carbonyl (C=O) groups is 2. The number of esters is 1.